The number of aryl methyl sites for hydroxylation is 1. The maximum atomic E-state index is 12.6. The van der Waals surface area contributed by atoms with Gasteiger partial charge in [-0.05, 0) is 80.1 Å². The van der Waals surface area contributed by atoms with Gasteiger partial charge in [0, 0.05) is 47.9 Å². The van der Waals surface area contributed by atoms with Crippen molar-refractivity contribution in [2.24, 2.45) is 0 Å². The smallest absolute Gasteiger partial charge is 0.253 e. The van der Waals surface area contributed by atoms with Crippen molar-refractivity contribution < 1.29 is 9.90 Å². The number of aromatic amines is 1. The second-order valence-corrected chi connectivity index (χ2v) is 10.7. The van der Waals surface area contributed by atoms with Crippen LogP contribution in [-0.2, 0) is 18.6 Å². The fourth-order valence-electron chi connectivity index (χ4n) is 4.79. The second kappa shape index (κ2) is 13.1. The molecule has 10 heteroatoms. The van der Waals surface area contributed by atoms with Gasteiger partial charge in [-0.2, -0.15) is 5.10 Å². The van der Waals surface area contributed by atoms with Crippen LogP contribution in [0, 0.1) is 0 Å². The average Bonchev–Trinajstić information content (AvgIpc) is 3.48. The Hall–Kier alpha value is -3.95. The number of fused-ring (bicyclic) bond motifs is 1. The number of carbonyl (C=O) groups excluding carboxylic acids is 1. The minimum absolute atomic E-state index is 0.166. The van der Waals surface area contributed by atoms with Crippen molar-refractivity contribution in [1.29, 1.82) is 0 Å². The molecule has 2 aromatic carbocycles. The maximum Gasteiger partial charge on any atom is 0.253 e. The molecule has 5 rings (SSSR count). The van der Waals surface area contributed by atoms with Gasteiger partial charge in [0.2, 0.25) is 0 Å². The Labute approximate surface area is 246 Å². The number of benzene rings is 2. The van der Waals surface area contributed by atoms with Crippen LogP contribution in [0.25, 0.3) is 11.1 Å². The normalized spacial score (nSPS) is 14.4. The molecule has 0 aliphatic heterocycles. The van der Waals surface area contributed by atoms with Crippen LogP contribution in [0.1, 0.15) is 79.6 Å². The lowest BCUT2D eigenvalue weighted by molar-refractivity contribution is 0.0687. The van der Waals surface area contributed by atoms with Gasteiger partial charge in [0.1, 0.15) is 5.60 Å². The number of aliphatic hydroxyl groups is 1. The summed E-state index contributed by atoms with van der Waals surface area (Å²) in [4.78, 5) is 21.2. The van der Waals surface area contributed by atoms with E-state index in [0.717, 1.165) is 47.3 Å². The van der Waals surface area contributed by atoms with Crippen LogP contribution >= 0.6 is 11.6 Å². The molecule has 2 aromatic heterocycles. The van der Waals surface area contributed by atoms with Crippen LogP contribution < -0.4 is 16.0 Å². The number of carbonyl (C=O) groups is 1. The number of hydrogen-bond acceptors (Lipinski definition) is 7. The predicted molar refractivity (Wildman–Crippen MR) is 164 cm³/mol. The van der Waals surface area contributed by atoms with Crippen molar-refractivity contribution in [2.75, 3.05) is 17.7 Å². The standard InChI is InChI=1S/C29H32ClN7O2.C2H6/c1-29(2,39)28-33-14-20(15-34-28)17-7-9-22(27(38)31-3)25(12-17)32-13-19-11-21(8-10-23(19)30)36-24-6-4-5-18-16-35-37-26(18)24;1-2/h7-12,14-16,24,32,36,39H,4-6,13H2,1-3H3,(H,31,38)(H,35,37);1-2H3. The van der Waals surface area contributed by atoms with Crippen LogP contribution in [0.3, 0.4) is 0 Å². The zero-order chi connectivity index (χ0) is 29.6. The number of aromatic nitrogens is 4. The Bertz CT molecular complexity index is 1480. The molecule has 41 heavy (non-hydrogen) atoms. The number of nitrogens with one attached hydrogen (secondary N) is 4. The fourth-order valence-corrected chi connectivity index (χ4v) is 4.98. The molecule has 0 saturated heterocycles. The quantitative estimate of drug-likeness (QED) is 0.168. The summed E-state index contributed by atoms with van der Waals surface area (Å²) in [7, 11) is 1.60. The molecule has 0 spiro atoms. The molecule has 0 radical (unpaired) electrons. The average molecular weight is 576 g/mol. The van der Waals surface area contributed by atoms with Gasteiger partial charge >= 0.3 is 0 Å². The van der Waals surface area contributed by atoms with Crippen molar-refractivity contribution in [3.05, 3.63) is 88.2 Å². The van der Waals surface area contributed by atoms with E-state index in [9.17, 15) is 9.90 Å². The molecular weight excluding hydrogens is 538 g/mol. The second-order valence-electron chi connectivity index (χ2n) is 10.3. The van der Waals surface area contributed by atoms with E-state index >= 15 is 0 Å². The van der Waals surface area contributed by atoms with Crippen molar-refractivity contribution in [2.45, 2.75) is 65.1 Å². The van der Waals surface area contributed by atoms with Crippen LogP contribution in [0.2, 0.25) is 5.02 Å². The predicted octanol–water partition coefficient (Wildman–Crippen LogP) is 6.23. The van der Waals surface area contributed by atoms with Gasteiger partial charge in [0.15, 0.2) is 5.82 Å². The summed E-state index contributed by atoms with van der Waals surface area (Å²) in [5.74, 6) is 0.138. The number of anilines is 2. The fraction of sp³-hybridized carbons (Fsp3) is 0.355. The Balaban J connectivity index is 0.00000189. The third-order valence-electron chi connectivity index (χ3n) is 6.92. The van der Waals surface area contributed by atoms with Gasteiger partial charge in [0.05, 0.1) is 23.5 Å². The highest BCUT2D eigenvalue weighted by molar-refractivity contribution is 6.31. The molecule has 1 aliphatic rings. The first-order chi connectivity index (χ1) is 19.7. The van der Waals surface area contributed by atoms with Crippen LogP contribution in [0.4, 0.5) is 11.4 Å². The first kappa shape index (κ1) is 30.0. The maximum absolute atomic E-state index is 12.6. The van der Waals surface area contributed by atoms with Crippen molar-refractivity contribution in [3.8, 4) is 11.1 Å². The summed E-state index contributed by atoms with van der Waals surface area (Å²) in [6, 6.07) is 11.6. The lowest BCUT2D eigenvalue weighted by Gasteiger charge is -2.24. The van der Waals surface area contributed by atoms with E-state index in [1.807, 2.05) is 50.4 Å². The number of rotatable bonds is 8. The van der Waals surface area contributed by atoms with Gasteiger partial charge in [-0.15, -0.1) is 0 Å². The van der Waals surface area contributed by atoms with E-state index in [0.29, 0.717) is 28.6 Å². The van der Waals surface area contributed by atoms with E-state index in [1.165, 1.54) is 5.56 Å². The molecule has 1 aliphatic carbocycles. The zero-order valence-electron chi connectivity index (χ0n) is 24.2. The highest BCUT2D eigenvalue weighted by Crippen LogP contribution is 2.33. The Morgan fingerprint density at radius 2 is 1.85 bits per heavy atom. The summed E-state index contributed by atoms with van der Waals surface area (Å²) in [6.07, 6.45) is 8.42. The topological polar surface area (TPSA) is 128 Å². The molecule has 1 atom stereocenters. The van der Waals surface area contributed by atoms with Gasteiger partial charge < -0.3 is 21.1 Å². The van der Waals surface area contributed by atoms with Crippen LogP contribution in [-0.4, -0.2) is 38.2 Å². The van der Waals surface area contributed by atoms with Crippen molar-refractivity contribution >= 4 is 28.9 Å². The van der Waals surface area contributed by atoms with Gasteiger partial charge in [-0.1, -0.05) is 31.5 Å². The summed E-state index contributed by atoms with van der Waals surface area (Å²) in [5.41, 5.74) is 5.90. The summed E-state index contributed by atoms with van der Waals surface area (Å²) < 4.78 is 0. The van der Waals surface area contributed by atoms with Crippen LogP contribution in [0.5, 0.6) is 0 Å². The first-order valence-electron chi connectivity index (χ1n) is 14.0. The first-order valence-corrected chi connectivity index (χ1v) is 14.3. The minimum Gasteiger partial charge on any atom is -0.382 e. The monoisotopic (exact) mass is 575 g/mol. The lowest BCUT2D eigenvalue weighted by Crippen LogP contribution is -2.20. The van der Waals surface area contributed by atoms with Gasteiger partial charge in [-0.25, -0.2) is 9.97 Å². The summed E-state index contributed by atoms with van der Waals surface area (Å²) in [6.45, 7) is 7.69. The Morgan fingerprint density at radius 1 is 1.10 bits per heavy atom. The molecule has 0 saturated carbocycles. The SMILES string of the molecule is CC.CNC(=O)c1ccc(-c2cnc(C(C)(C)O)nc2)cc1NCc1cc(NC2CCCc3cn[nH]c32)ccc1Cl. The number of hydrogen-bond donors (Lipinski definition) is 5. The van der Waals surface area contributed by atoms with Gasteiger partial charge in [0.25, 0.3) is 5.91 Å². The number of amides is 1. The molecule has 2 heterocycles. The molecule has 0 fully saturated rings. The highest BCUT2D eigenvalue weighted by atomic mass is 35.5. The molecule has 4 aromatic rings. The molecule has 1 unspecified atom stereocenters. The van der Waals surface area contributed by atoms with Crippen molar-refractivity contribution in [3.63, 3.8) is 0 Å². The molecule has 9 nitrogen and oxygen atoms in total. The zero-order valence-corrected chi connectivity index (χ0v) is 24.9. The largest absolute Gasteiger partial charge is 0.382 e. The van der Waals surface area contributed by atoms with E-state index in [1.54, 1.807) is 39.4 Å². The van der Waals surface area contributed by atoms with E-state index in [2.05, 4.69) is 36.1 Å². The lowest BCUT2D eigenvalue weighted by atomic mass is 9.93. The number of nitrogens with zero attached hydrogens (tertiary/aromatic N) is 3. The van der Waals surface area contributed by atoms with Gasteiger partial charge in [-0.3, -0.25) is 9.89 Å². The Kier molecular flexibility index (Phi) is 9.62. The summed E-state index contributed by atoms with van der Waals surface area (Å²) >= 11 is 6.58. The molecule has 0 bridgehead atoms. The molecule has 1 amide bonds. The summed E-state index contributed by atoms with van der Waals surface area (Å²) in [5, 5.41) is 27.9. The molecule has 216 valence electrons. The Morgan fingerprint density at radius 3 is 2.56 bits per heavy atom. The molecular formula is C31H38ClN7O2. The molecule has 5 N–H and O–H groups in total. The third kappa shape index (κ3) is 7.04. The van der Waals surface area contributed by atoms with E-state index in [4.69, 9.17) is 11.6 Å². The number of H-pyrrole nitrogens is 1. The van der Waals surface area contributed by atoms with E-state index in [-0.39, 0.29) is 11.9 Å². The third-order valence-corrected chi connectivity index (χ3v) is 7.29. The van der Waals surface area contributed by atoms with Crippen LogP contribution in [0.15, 0.2) is 55.0 Å². The van der Waals surface area contributed by atoms with E-state index < -0.39 is 5.60 Å². The number of halogens is 1. The highest BCUT2D eigenvalue weighted by Gasteiger charge is 2.22. The van der Waals surface area contributed by atoms with Crippen molar-refractivity contribution in [1.82, 2.24) is 25.5 Å². The minimum atomic E-state index is -1.13.